The number of sulfonamides is 1. The zero-order chi connectivity index (χ0) is 25.2. The van der Waals surface area contributed by atoms with E-state index in [1.807, 2.05) is 0 Å². The van der Waals surface area contributed by atoms with Crippen LogP contribution in [0.3, 0.4) is 0 Å². The molecule has 1 aliphatic heterocycles. The molecule has 0 unspecified atom stereocenters. The minimum atomic E-state index is -4.07. The standard InChI is InChI=1S/C23H21N5O6S/c1-15-2-11-20(14-21(15)28(31)32)35(33,34)26-18-5-3-16(4-6-18)22(29)25-17-7-9-19(10-8-17)27-13-12-24-23(27)30/h2-11,14,26H,12-13H2,1H3,(H,24,30)(H,25,29). The van der Waals surface area contributed by atoms with E-state index in [-0.39, 0.29) is 22.3 Å². The van der Waals surface area contributed by atoms with Crippen molar-refractivity contribution in [2.24, 2.45) is 0 Å². The first-order chi connectivity index (χ1) is 16.6. The number of nitrogens with zero attached hydrogens (tertiary/aromatic N) is 2. The van der Waals surface area contributed by atoms with E-state index in [0.29, 0.717) is 35.6 Å². The lowest BCUT2D eigenvalue weighted by atomic mass is 10.2. The molecular formula is C23H21N5O6S. The number of benzene rings is 3. The molecule has 0 radical (unpaired) electrons. The molecule has 0 aliphatic carbocycles. The second kappa shape index (κ2) is 9.43. The van der Waals surface area contributed by atoms with Gasteiger partial charge in [0.25, 0.3) is 21.6 Å². The van der Waals surface area contributed by atoms with Crippen molar-refractivity contribution in [3.63, 3.8) is 0 Å². The molecule has 1 saturated heterocycles. The molecule has 0 aromatic heterocycles. The molecule has 1 heterocycles. The Hall–Kier alpha value is -4.45. The van der Waals surface area contributed by atoms with Gasteiger partial charge in [-0.05, 0) is 61.5 Å². The molecule has 0 spiro atoms. The van der Waals surface area contributed by atoms with Gasteiger partial charge in [0, 0.05) is 47.3 Å². The van der Waals surface area contributed by atoms with E-state index >= 15 is 0 Å². The van der Waals surface area contributed by atoms with E-state index in [4.69, 9.17) is 0 Å². The third-order valence-corrected chi connectivity index (χ3v) is 6.76. The number of rotatable bonds is 7. The van der Waals surface area contributed by atoms with Gasteiger partial charge in [0.05, 0.1) is 9.82 Å². The molecule has 0 saturated carbocycles. The second-order valence-electron chi connectivity index (χ2n) is 7.77. The molecular weight excluding hydrogens is 474 g/mol. The van der Waals surface area contributed by atoms with E-state index in [0.717, 1.165) is 6.07 Å². The predicted molar refractivity (Wildman–Crippen MR) is 130 cm³/mol. The first kappa shape index (κ1) is 23.7. The quantitative estimate of drug-likeness (QED) is 0.337. The summed E-state index contributed by atoms with van der Waals surface area (Å²) in [6, 6.07) is 16.1. The van der Waals surface area contributed by atoms with E-state index < -0.39 is 20.9 Å². The molecule has 1 fully saturated rings. The predicted octanol–water partition coefficient (Wildman–Crippen LogP) is 3.49. The van der Waals surface area contributed by atoms with Crippen LogP contribution in [-0.4, -0.2) is 38.4 Å². The molecule has 3 aromatic carbocycles. The van der Waals surface area contributed by atoms with Crippen LogP contribution in [0.25, 0.3) is 0 Å². The first-order valence-corrected chi connectivity index (χ1v) is 12.0. The Balaban J connectivity index is 1.42. The number of hydrogen-bond donors (Lipinski definition) is 3. The molecule has 11 nitrogen and oxygen atoms in total. The molecule has 0 atom stereocenters. The van der Waals surface area contributed by atoms with E-state index in [1.54, 1.807) is 29.2 Å². The summed E-state index contributed by atoms with van der Waals surface area (Å²) in [6.45, 7) is 2.67. The smallest absolute Gasteiger partial charge is 0.321 e. The highest BCUT2D eigenvalue weighted by Gasteiger charge is 2.21. The Labute approximate surface area is 201 Å². The van der Waals surface area contributed by atoms with Crippen LogP contribution in [-0.2, 0) is 10.0 Å². The largest absolute Gasteiger partial charge is 0.336 e. The third kappa shape index (κ3) is 5.22. The van der Waals surface area contributed by atoms with E-state index in [9.17, 15) is 28.1 Å². The van der Waals surface area contributed by atoms with Gasteiger partial charge < -0.3 is 10.6 Å². The van der Waals surface area contributed by atoms with Gasteiger partial charge in [-0.15, -0.1) is 0 Å². The average molecular weight is 496 g/mol. The summed E-state index contributed by atoms with van der Waals surface area (Å²) in [7, 11) is -4.07. The van der Waals surface area contributed by atoms with Crippen LogP contribution in [0.15, 0.2) is 71.6 Å². The van der Waals surface area contributed by atoms with Crippen molar-refractivity contribution in [1.82, 2.24) is 5.32 Å². The molecule has 4 rings (SSSR count). The Morgan fingerprint density at radius 3 is 2.29 bits per heavy atom. The maximum absolute atomic E-state index is 12.6. The van der Waals surface area contributed by atoms with Crippen LogP contribution in [0.4, 0.5) is 27.5 Å². The number of urea groups is 1. The summed E-state index contributed by atoms with van der Waals surface area (Å²) < 4.78 is 27.7. The van der Waals surface area contributed by atoms with Crippen LogP contribution < -0.4 is 20.3 Å². The number of carbonyl (C=O) groups is 2. The van der Waals surface area contributed by atoms with Crippen molar-refractivity contribution < 1.29 is 22.9 Å². The number of carbonyl (C=O) groups excluding carboxylic acids is 2. The van der Waals surface area contributed by atoms with Crippen molar-refractivity contribution in [3.05, 3.63) is 88.0 Å². The highest BCUT2D eigenvalue weighted by atomic mass is 32.2. The number of anilines is 3. The minimum Gasteiger partial charge on any atom is -0.336 e. The molecule has 180 valence electrons. The Kier molecular flexibility index (Phi) is 6.38. The van der Waals surface area contributed by atoms with E-state index in [1.165, 1.54) is 43.3 Å². The number of nitro benzene ring substituents is 1. The first-order valence-electron chi connectivity index (χ1n) is 10.5. The topological polar surface area (TPSA) is 151 Å². The fourth-order valence-corrected chi connectivity index (χ4v) is 4.58. The van der Waals surface area contributed by atoms with Gasteiger partial charge in [0.15, 0.2) is 0 Å². The molecule has 0 bridgehead atoms. The molecule has 3 aromatic rings. The second-order valence-corrected chi connectivity index (χ2v) is 9.46. The van der Waals surface area contributed by atoms with Gasteiger partial charge in [-0.2, -0.15) is 0 Å². The lowest BCUT2D eigenvalue weighted by molar-refractivity contribution is -0.385. The summed E-state index contributed by atoms with van der Waals surface area (Å²) >= 11 is 0. The highest BCUT2D eigenvalue weighted by molar-refractivity contribution is 7.92. The average Bonchev–Trinajstić information content (AvgIpc) is 3.25. The zero-order valence-corrected chi connectivity index (χ0v) is 19.3. The Bertz CT molecular complexity index is 1410. The van der Waals surface area contributed by atoms with Gasteiger partial charge >= 0.3 is 6.03 Å². The van der Waals surface area contributed by atoms with Crippen molar-refractivity contribution in [3.8, 4) is 0 Å². The van der Waals surface area contributed by atoms with Crippen LogP contribution in [0.1, 0.15) is 15.9 Å². The van der Waals surface area contributed by atoms with Crippen molar-refractivity contribution in [1.29, 1.82) is 0 Å². The Morgan fingerprint density at radius 1 is 1.03 bits per heavy atom. The molecule has 12 heteroatoms. The van der Waals surface area contributed by atoms with Crippen LogP contribution in [0, 0.1) is 17.0 Å². The number of hydrogen-bond acceptors (Lipinski definition) is 6. The van der Waals surface area contributed by atoms with Gasteiger partial charge in [-0.1, -0.05) is 6.07 Å². The van der Waals surface area contributed by atoms with Crippen LogP contribution in [0.5, 0.6) is 0 Å². The monoisotopic (exact) mass is 495 g/mol. The lowest BCUT2D eigenvalue weighted by Crippen LogP contribution is -2.27. The Morgan fingerprint density at radius 2 is 1.69 bits per heavy atom. The molecule has 3 amide bonds. The minimum absolute atomic E-state index is 0.168. The maximum atomic E-state index is 12.6. The summed E-state index contributed by atoms with van der Waals surface area (Å²) in [4.78, 5) is 36.1. The zero-order valence-electron chi connectivity index (χ0n) is 18.5. The van der Waals surface area contributed by atoms with Crippen molar-refractivity contribution in [2.75, 3.05) is 28.0 Å². The van der Waals surface area contributed by atoms with E-state index in [2.05, 4.69) is 15.4 Å². The summed E-state index contributed by atoms with van der Waals surface area (Å²) in [5.74, 6) is -0.403. The number of nitro groups is 1. The fourth-order valence-electron chi connectivity index (χ4n) is 3.50. The summed E-state index contributed by atoms with van der Waals surface area (Å²) in [5.41, 5.74) is 1.79. The number of amides is 3. The van der Waals surface area contributed by atoms with Crippen molar-refractivity contribution >= 4 is 44.7 Å². The number of nitrogens with one attached hydrogen (secondary N) is 3. The summed E-state index contributed by atoms with van der Waals surface area (Å²) in [5, 5.41) is 16.6. The third-order valence-electron chi connectivity index (χ3n) is 5.38. The van der Waals surface area contributed by atoms with Crippen LogP contribution in [0.2, 0.25) is 0 Å². The number of aryl methyl sites for hydroxylation is 1. The molecule has 3 N–H and O–H groups in total. The van der Waals surface area contributed by atoms with Crippen molar-refractivity contribution in [2.45, 2.75) is 11.8 Å². The maximum Gasteiger partial charge on any atom is 0.321 e. The SMILES string of the molecule is Cc1ccc(S(=O)(=O)Nc2ccc(C(=O)Nc3ccc(N4CCNC4=O)cc3)cc2)cc1[N+](=O)[O-]. The van der Waals surface area contributed by atoms with Gasteiger partial charge in [0.1, 0.15) is 0 Å². The van der Waals surface area contributed by atoms with Gasteiger partial charge in [-0.25, -0.2) is 13.2 Å². The molecule has 35 heavy (non-hydrogen) atoms. The van der Waals surface area contributed by atoms with Crippen LogP contribution >= 0.6 is 0 Å². The normalized spacial score (nSPS) is 13.3. The lowest BCUT2D eigenvalue weighted by Gasteiger charge is -2.14. The summed E-state index contributed by atoms with van der Waals surface area (Å²) in [6.07, 6.45) is 0. The van der Waals surface area contributed by atoms with Gasteiger partial charge in [-0.3, -0.25) is 24.5 Å². The van der Waals surface area contributed by atoms with Gasteiger partial charge in [0.2, 0.25) is 0 Å². The highest BCUT2D eigenvalue weighted by Crippen LogP contribution is 2.24. The molecule has 1 aliphatic rings. The fraction of sp³-hybridized carbons (Fsp3) is 0.130.